The lowest BCUT2D eigenvalue weighted by molar-refractivity contribution is 0.124. The van der Waals surface area contributed by atoms with E-state index < -0.39 is 10.0 Å². The van der Waals surface area contributed by atoms with Crippen molar-refractivity contribution in [2.45, 2.75) is 31.3 Å². The van der Waals surface area contributed by atoms with E-state index in [0.717, 1.165) is 13.1 Å². The number of likely N-dealkylation sites (N-methyl/N-ethyl adjacent to an activating group) is 1. The minimum atomic E-state index is -3.00. The van der Waals surface area contributed by atoms with Crippen molar-refractivity contribution < 1.29 is 8.42 Å². The monoisotopic (exact) mass is 261 g/mol. The normalized spacial score (nSPS) is 33.1. The van der Waals surface area contributed by atoms with Gasteiger partial charge in [0.2, 0.25) is 10.0 Å². The molecule has 0 bridgehead atoms. The molecule has 2 unspecified atom stereocenters. The minimum Gasteiger partial charge on any atom is -0.315 e. The summed E-state index contributed by atoms with van der Waals surface area (Å²) < 4.78 is 24.4. The molecular formula is C11H23N3O2S. The lowest BCUT2D eigenvalue weighted by atomic mass is 10.1. The third kappa shape index (κ3) is 2.99. The van der Waals surface area contributed by atoms with Crippen molar-refractivity contribution in [3.63, 3.8) is 0 Å². The highest BCUT2D eigenvalue weighted by atomic mass is 32.2. The van der Waals surface area contributed by atoms with E-state index >= 15 is 0 Å². The van der Waals surface area contributed by atoms with Crippen LogP contribution in [0.2, 0.25) is 0 Å². The van der Waals surface area contributed by atoms with Crippen LogP contribution < -0.4 is 5.32 Å². The first kappa shape index (κ1) is 13.3. The summed E-state index contributed by atoms with van der Waals surface area (Å²) in [6.45, 7) is 3.03. The molecule has 2 fully saturated rings. The molecule has 6 heteroatoms. The van der Waals surface area contributed by atoms with Gasteiger partial charge in [0.1, 0.15) is 0 Å². The van der Waals surface area contributed by atoms with Crippen LogP contribution in [-0.2, 0) is 10.0 Å². The molecule has 1 saturated carbocycles. The molecule has 0 spiro atoms. The highest BCUT2D eigenvalue weighted by Gasteiger charge is 2.34. The molecule has 0 radical (unpaired) electrons. The van der Waals surface area contributed by atoms with Crippen LogP contribution in [0.25, 0.3) is 0 Å². The first-order valence-corrected chi connectivity index (χ1v) is 8.23. The predicted octanol–water partition coefficient (Wildman–Crippen LogP) is -0.296. The maximum absolute atomic E-state index is 11.4. The summed E-state index contributed by atoms with van der Waals surface area (Å²) >= 11 is 0. The molecule has 2 rings (SSSR count). The van der Waals surface area contributed by atoms with Gasteiger partial charge in [0.05, 0.1) is 6.26 Å². The number of sulfonamides is 1. The van der Waals surface area contributed by atoms with E-state index in [4.69, 9.17) is 0 Å². The molecule has 5 nitrogen and oxygen atoms in total. The molecule has 1 heterocycles. The summed E-state index contributed by atoms with van der Waals surface area (Å²) in [7, 11) is -0.977. The Morgan fingerprint density at radius 1 is 1.12 bits per heavy atom. The first-order chi connectivity index (χ1) is 8.02. The zero-order valence-corrected chi connectivity index (χ0v) is 11.5. The van der Waals surface area contributed by atoms with Crippen LogP contribution >= 0.6 is 0 Å². The van der Waals surface area contributed by atoms with Gasteiger partial charge in [-0.1, -0.05) is 6.42 Å². The molecule has 1 N–H and O–H groups in total. The van der Waals surface area contributed by atoms with Crippen molar-refractivity contribution in [2.24, 2.45) is 0 Å². The molecule has 2 atom stereocenters. The number of nitrogens with zero attached hydrogens (tertiary/aromatic N) is 2. The maximum Gasteiger partial charge on any atom is 0.211 e. The van der Waals surface area contributed by atoms with Crippen molar-refractivity contribution >= 4 is 10.0 Å². The number of rotatable bonds is 3. The highest BCUT2D eigenvalue weighted by Crippen LogP contribution is 2.25. The van der Waals surface area contributed by atoms with E-state index in [-0.39, 0.29) is 0 Å². The standard InChI is InChI=1S/C11H23N3O2S/c1-12-10-4-3-5-11(10)13-6-8-14(9-7-13)17(2,15)16/h10-12H,3-9H2,1-2H3. The topological polar surface area (TPSA) is 52.6 Å². The van der Waals surface area contributed by atoms with E-state index in [9.17, 15) is 8.42 Å². The fourth-order valence-corrected chi connectivity index (χ4v) is 3.91. The zero-order valence-electron chi connectivity index (χ0n) is 10.7. The Morgan fingerprint density at radius 3 is 2.29 bits per heavy atom. The quantitative estimate of drug-likeness (QED) is 0.758. The van der Waals surface area contributed by atoms with Gasteiger partial charge in [-0.2, -0.15) is 4.31 Å². The predicted molar refractivity (Wildman–Crippen MR) is 68.5 cm³/mol. The Bertz CT molecular complexity index is 350. The fraction of sp³-hybridized carbons (Fsp3) is 1.00. The second-order valence-corrected chi connectivity index (χ2v) is 7.07. The third-order valence-electron chi connectivity index (χ3n) is 4.06. The first-order valence-electron chi connectivity index (χ1n) is 6.39. The van der Waals surface area contributed by atoms with Crippen LogP contribution in [0.5, 0.6) is 0 Å². The van der Waals surface area contributed by atoms with Crippen molar-refractivity contribution in [1.29, 1.82) is 0 Å². The Balaban J connectivity index is 1.91. The van der Waals surface area contributed by atoms with Crippen LogP contribution in [0.15, 0.2) is 0 Å². The average molecular weight is 261 g/mol. The van der Waals surface area contributed by atoms with E-state index in [1.54, 1.807) is 4.31 Å². The number of nitrogens with one attached hydrogen (secondary N) is 1. The minimum absolute atomic E-state index is 0.583. The summed E-state index contributed by atoms with van der Waals surface area (Å²) in [5, 5.41) is 3.38. The molecule has 17 heavy (non-hydrogen) atoms. The zero-order chi connectivity index (χ0) is 12.5. The lowest BCUT2D eigenvalue weighted by Gasteiger charge is -2.39. The van der Waals surface area contributed by atoms with Gasteiger partial charge < -0.3 is 5.32 Å². The molecule has 0 aromatic heterocycles. The molecule has 1 aliphatic heterocycles. The van der Waals surface area contributed by atoms with Gasteiger partial charge in [-0.15, -0.1) is 0 Å². The summed E-state index contributed by atoms with van der Waals surface area (Å²) in [5.74, 6) is 0. The molecule has 0 aromatic rings. The Hall–Kier alpha value is -0.170. The summed E-state index contributed by atoms with van der Waals surface area (Å²) in [6.07, 6.45) is 5.06. The van der Waals surface area contributed by atoms with Crippen molar-refractivity contribution in [1.82, 2.24) is 14.5 Å². The van der Waals surface area contributed by atoms with Gasteiger partial charge in [-0.25, -0.2) is 8.42 Å². The third-order valence-corrected chi connectivity index (χ3v) is 5.36. The van der Waals surface area contributed by atoms with Gasteiger partial charge in [0.15, 0.2) is 0 Å². The van der Waals surface area contributed by atoms with Crippen molar-refractivity contribution in [3.05, 3.63) is 0 Å². The largest absolute Gasteiger partial charge is 0.315 e. The van der Waals surface area contributed by atoms with Crippen LogP contribution in [0, 0.1) is 0 Å². The Kier molecular flexibility index (Phi) is 4.07. The van der Waals surface area contributed by atoms with Gasteiger partial charge in [-0.3, -0.25) is 4.90 Å². The van der Waals surface area contributed by atoms with Gasteiger partial charge in [0, 0.05) is 38.3 Å². The van der Waals surface area contributed by atoms with E-state index in [1.165, 1.54) is 25.5 Å². The molecule has 2 aliphatic rings. The molecular weight excluding hydrogens is 238 g/mol. The van der Waals surface area contributed by atoms with Crippen LogP contribution in [0.4, 0.5) is 0 Å². The Morgan fingerprint density at radius 2 is 1.76 bits per heavy atom. The van der Waals surface area contributed by atoms with Crippen molar-refractivity contribution in [2.75, 3.05) is 39.5 Å². The summed E-state index contributed by atoms with van der Waals surface area (Å²) in [6, 6.07) is 1.18. The summed E-state index contributed by atoms with van der Waals surface area (Å²) in [5.41, 5.74) is 0. The fourth-order valence-electron chi connectivity index (χ4n) is 3.08. The second kappa shape index (κ2) is 5.22. The number of piperazine rings is 1. The molecule has 0 aromatic carbocycles. The smallest absolute Gasteiger partial charge is 0.211 e. The van der Waals surface area contributed by atoms with Crippen LogP contribution in [0.1, 0.15) is 19.3 Å². The Labute approximate surface area is 104 Å². The van der Waals surface area contributed by atoms with Gasteiger partial charge >= 0.3 is 0 Å². The second-order valence-electron chi connectivity index (χ2n) is 5.09. The van der Waals surface area contributed by atoms with Crippen LogP contribution in [0.3, 0.4) is 0 Å². The van der Waals surface area contributed by atoms with Gasteiger partial charge in [0.25, 0.3) is 0 Å². The number of hydrogen-bond donors (Lipinski definition) is 1. The van der Waals surface area contributed by atoms with E-state index in [0.29, 0.717) is 25.2 Å². The molecule has 1 aliphatic carbocycles. The maximum atomic E-state index is 11.4. The summed E-state index contributed by atoms with van der Waals surface area (Å²) in [4.78, 5) is 2.45. The average Bonchev–Trinajstić information content (AvgIpc) is 2.76. The van der Waals surface area contributed by atoms with Crippen molar-refractivity contribution in [3.8, 4) is 0 Å². The molecule has 1 saturated heterocycles. The SMILES string of the molecule is CNC1CCCC1N1CCN(S(C)(=O)=O)CC1. The lowest BCUT2D eigenvalue weighted by Crippen LogP contribution is -2.55. The van der Waals surface area contributed by atoms with E-state index in [2.05, 4.69) is 10.2 Å². The number of hydrogen-bond acceptors (Lipinski definition) is 4. The van der Waals surface area contributed by atoms with Crippen LogP contribution in [-0.4, -0.2) is 69.2 Å². The van der Waals surface area contributed by atoms with E-state index in [1.807, 2.05) is 7.05 Å². The van der Waals surface area contributed by atoms with Gasteiger partial charge in [-0.05, 0) is 19.9 Å². The molecule has 0 amide bonds. The molecule has 100 valence electrons. The highest BCUT2D eigenvalue weighted by molar-refractivity contribution is 7.88.